The first-order valence-corrected chi connectivity index (χ1v) is 4.21. The van der Waals surface area contributed by atoms with Crippen molar-refractivity contribution < 1.29 is 14.3 Å². The summed E-state index contributed by atoms with van der Waals surface area (Å²) in [4.78, 5) is 11.2. The molecule has 0 aromatic heterocycles. The molecule has 0 bridgehead atoms. The van der Waals surface area contributed by atoms with E-state index in [2.05, 4.69) is 4.74 Å². The lowest BCUT2D eigenvalue weighted by molar-refractivity contribution is -0.153. The molecule has 0 radical (unpaired) electrons. The van der Waals surface area contributed by atoms with Crippen LogP contribution >= 0.6 is 0 Å². The minimum Gasteiger partial charge on any atom is -0.785 e. The molecule has 0 N–H and O–H groups in total. The average Bonchev–Trinajstić information content (AvgIpc) is 2.16. The van der Waals surface area contributed by atoms with Gasteiger partial charge in [0, 0.05) is 13.7 Å². The van der Waals surface area contributed by atoms with Gasteiger partial charge < -0.3 is 19.7 Å². The molecule has 0 spiro atoms. The van der Waals surface area contributed by atoms with Crippen LogP contribution in [0.4, 0.5) is 0 Å². The summed E-state index contributed by atoms with van der Waals surface area (Å²) in [5.41, 5.74) is 0. The van der Waals surface area contributed by atoms with Gasteiger partial charge >= 0.3 is 5.97 Å². The van der Waals surface area contributed by atoms with Crippen LogP contribution in [0.5, 0.6) is 0 Å². The highest BCUT2D eigenvalue weighted by molar-refractivity contribution is 5.73. The fourth-order valence-electron chi connectivity index (χ4n) is 1.56. The van der Waals surface area contributed by atoms with Crippen LogP contribution in [0.2, 0.25) is 0 Å². The second-order valence-corrected chi connectivity index (χ2v) is 3.08. The molecule has 1 fully saturated rings. The van der Waals surface area contributed by atoms with Crippen LogP contribution in [0.25, 0.3) is 0 Å². The molecule has 1 heterocycles. The molecule has 5 heteroatoms. The van der Waals surface area contributed by atoms with Crippen molar-refractivity contribution in [2.75, 3.05) is 27.3 Å². The second-order valence-electron chi connectivity index (χ2n) is 3.08. The number of carbonyl (C=O) groups is 1. The average molecular weight is 188 g/mol. The van der Waals surface area contributed by atoms with Crippen molar-refractivity contribution in [2.24, 2.45) is 5.92 Å². The summed E-state index contributed by atoms with van der Waals surface area (Å²) in [6.45, 7) is 0.594. The smallest absolute Gasteiger partial charge is 0.312 e. The Morgan fingerprint density at radius 1 is 1.54 bits per heavy atom. The number of hydrogen-bond acceptors (Lipinski definition) is 5. The summed E-state index contributed by atoms with van der Waals surface area (Å²) in [5, 5.41) is 11.9. The predicted molar refractivity (Wildman–Crippen MR) is 45.9 cm³/mol. The zero-order valence-electron chi connectivity index (χ0n) is 7.86. The number of rotatable bonds is 2. The summed E-state index contributed by atoms with van der Waals surface area (Å²) in [5.74, 6) is -0.811. The van der Waals surface area contributed by atoms with Gasteiger partial charge in [-0.15, -0.1) is 0 Å². The van der Waals surface area contributed by atoms with Crippen molar-refractivity contribution in [2.45, 2.75) is 12.5 Å². The summed E-state index contributed by atoms with van der Waals surface area (Å²) in [6, 6.07) is 0. The van der Waals surface area contributed by atoms with Gasteiger partial charge in [0.05, 0.1) is 19.1 Å². The van der Waals surface area contributed by atoms with Crippen molar-refractivity contribution in [3.63, 3.8) is 0 Å². The van der Waals surface area contributed by atoms with Crippen LogP contribution in [0.1, 0.15) is 6.42 Å². The van der Waals surface area contributed by atoms with E-state index < -0.39 is 5.92 Å². The number of nitrogens with zero attached hydrogens (tertiary/aromatic N) is 1. The molecule has 5 nitrogen and oxygen atoms in total. The predicted octanol–water partition coefficient (Wildman–Crippen LogP) is -0.00590. The van der Waals surface area contributed by atoms with Crippen molar-refractivity contribution in [1.29, 1.82) is 0 Å². The Morgan fingerprint density at radius 3 is 2.77 bits per heavy atom. The summed E-state index contributed by atoms with van der Waals surface area (Å²) >= 11 is 0. The van der Waals surface area contributed by atoms with Gasteiger partial charge in [-0.1, -0.05) is 0 Å². The molecule has 1 aliphatic heterocycles. The largest absolute Gasteiger partial charge is 0.785 e. The fourth-order valence-corrected chi connectivity index (χ4v) is 1.56. The molecule has 76 valence electrons. The molecule has 1 rings (SSSR count). The molecule has 2 unspecified atom stereocenters. The zero-order valence-corrected chi connectivity index (χ0v) is 7.86. The Hall–Kier alpha value is -0.650. The monoisotopic (exact) mass is 188 g/mol. The molecule has 0 amide bonds. The molecule has 1 aliphatic rings. The first-order valence-electron chi connectivity index (χ1n) is 4.21. The maximum absolute atomic E-state index is 11.2. The third-order valence-electron chi connectivity index (χ3n) is 2.32. The maximum Gasteiger partial charge on any atom is 0.312 e. The molecular weight excluding hydrogens is 174 g/mol. The van der Waals surface area contributed by atoms with Crippen LogP contribution in [0, 0.1) is 11.1 Å². The first kappa shape index (κ1) is 10.4. The highest BCUT2D eigenvalue weighted by Gasteiger charge is 2.32. The van der Waals surface area contributed by atoms with Crippen molar-refractivity contribution >= 4 is 5.97 Å². The van der Waals surface area contributed by atoms with E-state index in [0.29, 0.717) is 13.0 Å². The topological polar surface area (TPSA) is 61.8 Å². The van der Waals surface area contributed by atoms with Gasteiger partial charge in [-0.3, -0.25) is 4.79 Å². The van der Waals surface area contributed by atoms with Crippen molar-refractivity contribution in [3.05, 3.63) is 5.21 Å². The SMILES string of the molecule is COC(=O)C1CN([O-])CCC1OC. The van der Waals surface area contributed by atoms with Gasteiger partial charge in [0.25, 0.3) is 0 Å². The molecule has 0 aromatic rings. The lowest BCUT2D eigenvalue weighted by atomic mass is 9.96. The molecule has 0 saturated carbocycles. The van der Waals surface area contributed by atoms with Gasteiger partial charge in [0.2, 0.25) is 0 Å². The van der Waals surface area contributed by atoms with Crippen LogP contribution in [-0.4, -0.2) is 44.4 Å². The third kappa shape index (κ3) is 2.40. The van der Waals surface area contributed by atoms with Crippen LogP contribution in [0.3, 0.4) is 0 Å². The number of methoxy groups -OCH3 is 2. The Balaban J connectivity index is 2.59. The van der Waals surface area contributed by atoms with E-state index in [9.17, 15) is 10.0 Å². The molecule has 1 saturated heterocycles. The summed E-state index contributed by atoms with van der Waals surface area (Å²) < 4.78 is 9.69. The Kier molecular flexibility index (Phi) is 3.65. The summed E-state index contributed by atoms with van der Waals surface area (Å²) in [7, 11) is 2.86. The maximum atomic E-state index is 11.2. The first-order chi connectivity index (χ1) is 6.19. The van der Waals surface area contributed by atoms with E-state index in [1.165, 1.54) is 7.11 Å². The molecule has 2 atom stereocenters. The quantitative estimate of drug-likeness (QED) is 0.570. The standard InChI is InChI=1S/C8H14NO4/c1-12-7-3-4-9(11)5-6(7)8(10)13-2/h6-7H,3-5H2,1-2H3/q-1. The lowest BCUT2D eigenvalue weighted by Crippen LogP contribution is -2.45. The van der Waals surface area contributed by atoms with Crippen molar-refractivity contribution in [1.82, 2.24) is 5.06 Å². The lowest BCUT2D eigenvalue weighted by Gasteiger charge is -2.39. The van der Waals surface area contributed by atoms with E-state index in [-0.39, 0.29) is 18.6 Å². The highest BCUT2D eigenvalue weighted by atomic mass is 16.5. The van der Waals surface area contributed by atoms with E-state index >= 15 is 0 Å². The molecule has 0 aromatic carbocycles. The van der Waals surface area contributed by atoms with E-state index in [1.54, 1.807) is 7.11 Å². The number of ether oxygens (including phenoxy) is 2. The number of esters is 1. The summed E-state index contributed by atoms with van der Waals surface area (Å²) in [6.07, 6.45) is 0.400. The van der Waals surface area contributed by atoms with Gasteiger partial charge in [-0.25, -0.2) is 0 Å². The van der Waals surface area contributed by atoms with Crippen LogP contribution in [0.15, 0.2) is 0 Å². The second kappa shape index (κ2) is 4.55. The zero-order chi connectivity index (χ0) is 9.84. The Labute approximate surface area is 77.2 Å². The van der Waals surface area contributed by atoms with Gasteiger partial charge in [0.15, 0.2) is 0 Å². The Morgan fingerprint density at radius 2 is 2.23 bits per heavy atom. The number of hydroxylamine groups is 2. The Bertz CT molecular complexity index is 185. The van der Waals surface area contributed by atoms with E-state index in [4.69, 9.17) is 4.74 Å². The van der Waals surface area contributed by atoms with E-state index in [0.717, 1.165) is 5.06 Å². The van der Waals surface area contributed by atoms with Gasteiger partial charge in [-0.05, 0) is 13.0 Å². The highest BCUT2D eigenvalue weighted by Crippen LogP contribution is 2.20. The fraction of sp³-hybridized carbons (Fsp3) is 0.875. The van der Waals surface area contributed by atoms with Crippen molar-refractivity contribution in [3.8, 4) is 0 Å². The third-order valence-corrected chi connectivity index (χ3v) is 2.32. The normalized spacial score (nSPS) is 30.1. The minimum absolute atomic E-state index is 0.172. The number of piperidine rings is 1. The molecule has 13 heavy (non-hydrogen) atoms. The number of carbonyl (C=O) groups excluding carboxylic acids is 1. The van der Waals surface area contributed by atoms with Crippen LogP contribution in [-0.2, 0) is 14.3 Å². The van der Waals surface area contributed by atoms with E-state index in [1.807, 2.05) is 0 Å². The number of hydrogen-bond donors (Lipinski definition) is 0. The molecule has 0 aliphatic carbocycles. The van der Waals surface area contributed by atoms with Crippen LogP contribution < -0.4 is 0 Å². The minimum atomic E-state index is -0.443. The van der Waals surface area contributed by atoms with Gasteiger partial charge in [0.1, 0.15) is 0 Å². The molecular formula is C8H14NO4-. The van der Waals surface area contributed by atoms with Gasteiger partial charge in [-0.2, -0.15) is 0 Å².